The lowest BCUT2D eigenvalue weighted by molar-refractivity contribution is 0.0505. The van der Waals surface area contributed by atoms with Gasteiger partial charge in [-0.05, 0) is 56.2 Å². The fourth-order valence-electron chi connectivity index (χ4n) is 4.38. The van der Waals surface area contributed by atoms with Crippen LogP contribution in [0.25, 0.3) is 5.69 Å². The summed E-state index contributed by atoms with van der Waals surface area (Å²) in [5.74, 6) is 1.29. The first-order valence-corrected chi connectivity index (χ1v) is 12.0. The van der Waals surface area contributed by atoms with E-state index in [0.29, 0.717) is 30.3 Å². The van der Waals surface area contributed by atoms with Gasteiger partial charge in [0.25, 0.3) is 5.91 Å². The molecule has 0 saturated carbocycles. The summed E-state index contributed by atoms with van der Waals surface area (Å²) in [7, 11) is 0. The van der Waals surface area contributed by atoms with Gasteiger partial charge in [-0.25, -0.2) is 4.68 Å². The maximum Gasteiger partial charge on any atom is 0.254 e. The standard InChI is InChI=1S/C29H29N3O3/c1-22-27(21-31(20-26-18-11-19-34-26)28(33)23-12-5-2-6-13-23)29(35-25-16-9-4-10-17-25)32(30-22)24-14-7-3-8-15-24/h2-10,12-17,26H,11,18-21H2,1H3/t26-/m0/s1. The maximum atomic E-state index is 13.6. The molecule has 4 aromatic rings. The van der Waals surface area contributed by atoms with E-state index in [2.05, 4.69) is 0 Å². The highest BCUT2D eigenvalue weighted by Gasteiger charge is 2.27. The Kier molecular flexibility index (Phi) is 6.91. The van der Waals surface area contributed by atoms with Crippen molar-refractivity contribution in [1.29, 1.82) is 0 Å². The SMILES string of the molecule is Cc1nn(-c2ccccc2)c(Oc2ccccc2)c1CN(C[C@@H]1CCCO1)C(=O)c1ccccc1. The number of aromatic nitrogens is 2. The maximum absolute atomic E-state index is 13.6. The molecule has 1 aliphatic rings. The van der Waals surface area contributed by atoms with Crippen LogP contribution in [0.1, 0.15) is 34.5 Å². The van der Waals surface area contributed by atoms with Gasteiger partial charge in [-0.2, -0.15) is 5.10 Å². The molecule has 178 valence electrons. The third kappa shape index (κ3) is 5.28. The number of rotatable bonds is 8. The van der Waals surface area contributed by atoms with Gasteiger partial charge in [0.1, 0.15) is 5.75 Å². The van der Waals surface area contributed by atoms with E-state index in [9.17, 15) is 4.79 Å². The molecule has 35 heavy (non-hydrogen) atoms. The molecule has 0 unspecified atom stereocenters. The molecule has 2 heterocycles. The summed E-state index contributed by atoms with van der Waals surface area (Å²) >= 11 is 0. The van der Waals surface area contributed by atoms with Crippen molar-refractivity contribution in [3.05, 3.63) is 108 Å². The third-order valence-corrected chi connectivity index (χ3v) is 6.20. The Morgan fingerprint density at radius 1 is 1.00 bits per heavy atom. The number of carbonyl (C=O) groups is 1. The minimum absolute atomic E-state index is 0.0291. The largest absolute Gasteiger partial charge is 0.439 e. The molecule has 6 heteroatoms. The lowest BCUT2D eigenvalue weighted by Crippen LogP contribution is -2.37. The Bertz CT molecular complexity index is 1250. The average Bonchev–Trinajstić information content (AvgIpc) is 3.53. The number of benzene rings is 3. The van der Waals surface area contributed by atoms with Crippen LogP contribution in [0.15, 0.2) is 91.0 Å². The first kappa shape index (κ1) is 22.9. The number of nitrogens with zero attached hydrogens (tertiary/aromatic N) is 3. The van der Waals surface area contributed by atoms with Crippen molar-refractivity contribution >= 4 is 5.91 Å². The van der Waals surface area contributed by atoms with E-state index >= 15 is 0 Å². The second kappa shape index (κ2) is 10.6. The van der Waals surface area contributed by atoms with Crippen LogP contribution in [0.5, 0.6) is 11.6 Å². The molecule has 1 aromatic heterocycles. The first-order valence-electron chi connectivity index (χ1n) is 12.0. The molecule has 6 nitrogen and oxygen atoms in total. The second-order valence-corrected chi connectivity index (χ2v) is 8.72. The van der Waals surface area contributed by atoms with Crippen LogP contribution < -0.4 is 4.74 Å². The fraction of sp³-hybridized carbons (Fsp3) is 0.241. The van der Waals surface area contributed by atoms with E-state index in [1.165, 1.54) is 0 Å². The molecule has 1 aliphatic heterocycles. The van der Waals surface area contributed by atoms with Gasteiger partial charge in [0.15, 0.2) is 0 Å². The highest BCUT2D eigenvalue weighted by molar-refractivity contribution is 5.94. The average molecular weight is 468 g/mol. The molecular weight excluding hydrogens is 438 g/mol. The van der Waals surface area contributed by atoms with Gasteiger partial charge in [-0.15, -0.1) is 0 Å². The zero-order chi connectivity index (χ0) is 24.0. The van der Waals surface area contributed by atoms with Crippen LogP contribution >= 0.6 is 0 Å². The van der Waals surface area contributed by atoms with E-state index in [4.69, 9.17) is 14.6 Å². The van der Waals surface area contributed by atoms with Crippen molar-refractivity contribution in [2.24, 2.45) is 0 Å². The molecular formula is C29H29N3O3. The molecule has 1 fully saturated rings. The smallest absolute Gasteiger partial charge is 0.254 e. The number of hydrogen-bond donors (Lipinski definition) is 0. The zero-order valence-electron chi connectivity index (χ0n) is 19.8. The van der Waals surface area contributed by atoms with Crippen molar-refractivity contribution in [3.8, 4) is 17.3 Å². The van der Waals surface area contributed by atoms with Crippen LogP contribution in [0.2, 0.25) is 0 Å². The highest BCUT2D eigenvalue weighted by atomic mass is 16.5. The Morgan fingerprint density at radius 2 is 1.66 bits per heavy atom. The van der Waals surface area contributed by atoms with Gasteiger partial charge in [-0.1, -0.05) is 54.6 Å². The van der Waals surface area contributed by atoms with Crippen molar-refractivity contribution < 1.29 is 14.3 Å². The fourth-order valence-corrected chi connectivity index (χ4v) is 4.38. The third-order valence-electron chi connectivity index (χ3n) is 6.20. The monoisotopic (exact) mass is 467 g/mol. The van der Waals surface area contributed by atoms with Gasteiger partial charge < -0.3 is 14.4 Å². The Labute approximate surface area is 205 Å². The van der Waals surface area contributed by atoms with Crippen LogP contribution in [0.3, 0.4) is 0 Å². The molecule has 0 bridgehead atoms. The molecule has 5 rings (SSSR count). The van der Waals surface area contributed by atoms with Crippen molar-refractivity contribution in [2.45, 2.75) is 32.4 Å². The summed E-state index contributed by atoms with van der Waals surface area (Å²) in [4.78, 5) is 15.5. The van der Waals surface area contributed by atoms with E-state index in [1.807, 2.05) is 108 Å². The van der Waals surface area contributed by atoms with E-state index in [0.717, 1.165) is 36.4 Å². The molecule has 0 spiro atoms. The Morgan fingerprint density at radius 3 is 2.31 bits per heavy atom. The number of aryl methyl sites for hydroxylation is 1. The van der Waals surface area contributed by atoms with Gasteiger partial charge in [-0.3, -0.25) is 4.79 Å². The minimum Gasteiger partial charge on any atom is -0.439 e. The summed E-state index contributed by atoms with van der Waals surface area (Å²) in [6.45, 7) is 3.60. The van der Waals surface area contributed by atoms with Crippen molar-refractivity contribution in [2.75, 3.05) is 13.2 Å². The summed E-state index contributed by atoms with van der Waals surface area (Å²) in [5.41, 5.74) is 3.25. The van der Waals surface area contributed by atoms with Crippen LogP contribution in [0.4, 0.5) is 0 Å². The molecule has 0 aliphatic carbocycles. The summed E-state index contributed by atoms with van der Waals surface area (Å²) in [5, 5.41) is 4.82. The zero-order valence-corrected chi connectivity index (χ0v) is 19.8. The van der Waals surface area contributed by atoms with Gasteiger partial charge >= 0.3 is 0 Å². The Hall–Kier alpha value is -3.90. The van der Waals surface area contributed by atoms with Crippen LogP contribution in [0, 0.1) is 6.92 Å². The van der Waals surface area contributed by atoms with Gasteiger partial charge in [0.2, 0.25) is 5.88 Å². The van der Waals surface area contributed by atoms with Gasteiger partial charge in [0, 0.05) is 18.7 Å². The summed E-state index contributed by atoms with van der Waals surface area (Å²) in [6.07, 6.45) is 2.00. The van der Waals surface area contributed by atoms with Crippen molar-refractivity contribution in [1.82, 2.24) is 14.7 Å². The predicted octanol–water partition coefficient (Wildman–Crippen LogP) is 5.79. The normalized spacial score (nSPS) is 15.2. The van der Waals surface area contributed by atoms with E-state index < -0.39 is 0 Å². The lowest BCUT2D eigenvalue weighted by Gasteiger charge is -2.26. The Balaban J connectivity index is 1.54. The topological polar surface area (TPSA) is 56.6 Å². The van der Waals surface area contributed by atoms with Gasteiger partial charge in [0.05, 0.1) is 29.6 Å². The number of hydrogen-bond acceptors (Lipinski definition) is 4. The highest BCUT2D eigenvalue weighted by Crippen LogP contribution is 2.32. The number of carbonyl (C=O) groups excluding carboxylic acids is 1. The molecule has 0 radical (unpaired) electrons. The molecule has 1 amide bonds. The first-order chi connectivity index (χ1) is 17.2. The quantitative estimate of drug-likeness (QED) is 0.329. The lowest BCUT2D eigenvalue weighted by atomic mass is 10.1. The number of ether oxygens (including phenoxy) is 2. The summed E-state index contributed by atoms with van der Waals surface area (Å²) in [6, 6.07) is 29.0. The number of amides is 1. The van der Waals surface area contributed by atoms with Crippen LogP contribution in [-0.4, -0.2) is 39.8 Å². The van der Waals surface area contributed by atoms with Crippen molar-refractivity contribution in [3.63, 3.8) is 0 Å². The number of para-hydroxylation sites is 2. The second-order valence-electron chi connectivity index (χ2n) is 8.72. The molecule has 1 saturated heterocycles. The minimum atomic E-state index is -0.0291. The molecule has 1 atom stereocenters. The van der Waals surface area contributed by atoms with E-state index in [1.54, 1.807) is 0 Å². The summed E-state index contributed by atoms with van der Waals surface area (Å²) < 4.78 is 14.1. The molecule has 0 N–H and O–H groups in total. The predicted molar refractivity (Wildman–Crippen MR) is 135 cm³/mol. The van der Waals surface area contributed by atoms with E-state index in [-0.39, 0.29) is 12.0 Å². The molecule has 3 aromatic carbocycles. The van der Waals surface area contributed by atoms with Crippen LogP contribution in [-0.2, 0) is 11.3 Å².